The minimum atomic E-state index is -0.467. The van der Waals surface area contributed by atoms with Crippen molar-refractivity contribution < 1.29 is 19.1 Å². The molecule has 0 aliphatic carbocycles. The van der Waals surface area contributed by atoms with E-state index in [4.69, 9.17) is 14.7 Å². The Morgan fingerprint density at radius 2 is 1.90 bits per heavy atom. The van der Waals surface area contributed by atoms with Gasteiger partial charge in [-0.25, -0.2) is 4.79 Å². The van der Waals surface area contributed by atoms with Crippen LogP contribution in [-0.4, -0.2) is 17.6 Å². The number of amides is 1. The standard InChI is InChI=1S/C23H16N2O4S/c24-12-17-3-1-2-4-20(17)29-18-8-5-15(6-9-18)13-28-23(27)16-7-10-21-19(11-16)25-22(26)14-30-21/h1-11H,13-14H2,(H,25,26). The fourth-order valence-electron chi connectivity index (χ4n) is 2.87. The van der Waals surface area contributed by atoms with Crippen LogP contribution in [0.15, 0.2) is 71.6 Å². The molecule has 0 saturated carbocycles. The highest BCUT2D eigenvalue weighted by Crippen LogP contribution is 2.32. The summed E-state index contributed by atoms with van der Waals surface area (Å²) < 4.78 is 11.1. The number of fused-ring (bicyclic) bond motifs is 1. The molecule has 0 aromatic heterocycles. The van der Waals surface area contributed by atoms with Gasteiger partial charge in [0.2, 0.25) is 5.91 Å². The number of carbonyl (C=O) groups excluding carboxylic acids is 2. The Morgan fingerprint density at radius 1 is 1.10 bits per heavy atom. The van der Waals surface area contributed by atoms with Crippen molar-refractivity contribution in [1.29, 1.82) is 5.26 Å². The molecule has 1 aliphatic rings. The maximum absolute atomic E-state index is 12.4. The molecule has 1 aliphatic heterocycles. The highest BCUT2D eigenvalue weighted by atomic mass is 32.2. The normalized spacial score (nSPS) is 12.3. The first kappa shape index (κ1) is 19.6. The number of rotatable bonds is 5. The van der Waals surface area contributed by atoms with Gasteiger partial charge in [0.15, 0.2) is 0 Å². The van der Waals surface area contributed by atoms with E-state index >= 15 is 0 Å². The van der Waals surface area contributed by atoms with Gasteiger partial charge >= 0.3 is 5.97 Å². The number of nitrogens with zero attached hydrogens (tertiary/aromatic N) is 1. The molecule has 1 amide bonds. The Labute approximate surface area is 177 Å². The van der Waals surface area contributed by atoms with E-state index < -0.39 is 5.97 Å². The average Bonchev–Trinajstić information content (AvgIpc) is 2.78. The molecule has 1 N–H and O–H groups in total. The van der Waals surface area contributed by atoms with Crippen LogP contribution in [0.3, 0.4) is 0 Å². The quantitative estimate of drug-likeness (QED) is 0.604. The van der Waals surface area contributed by atoms with Crippen LogP contribution in [0, 0.1) is 11.3 Å². The number of benzene rings is 3. The summed E-state index contributed by atoms with van der Waals surface area (Å²) in [6, 6.07) is 21.3. The number of esters is 1. The van der Waals surface area contributed by atoms with Gasteiger partial charge in [-0.3, -0.25) is 4.79 Å². The van der Waals surface area contributed by atoms with Crippen LogP contribution in [0.1, 0.15) is 21.5 Å². The first-order valence-electron chi connectivity index (χ1n) is 9.12. The van der Waals surface area contributed by atoms with E-state index in [0.29, 0.717) is 34.1 Å². The SMILES string of the molecule is N#Cc1ccccc1Oc1ccc(COC(=O)c2ccc3c(c2)NC(=O)CS3)cc1. The average molecular weight is 416 g/mol. The van der Waals surface area contributed by atoms with Crippen LogP contribution in [0.25, 0.3) is 0 Å². The lowest BCUT2D eigenvalue weighted by atomic mass is 10.2. The molecule has 30 heavy (non-hydrogen) atoms. The molecule has 7 heteroatoms. The zero-order chi connectivity index (χ0) is 20.9. The van der Waals surface area contributed by atoms with Gasteiger partial charge in [0.05, 0.1) is 22.6 Å². The van der Waals surface area contributed by atoms with E-state index in [0.717, 1.165) is 10.5 Å². The van der Waals surface area contributed by atoms with E-state index in [1.807, 2.05) is 0 Å². The van der Waals surface area contributed by atoms with Crippen LogP contribution in [-0.2, 0) is 16.1 Å². The van der Waals surface area contributed by atoms with Crippen LogP contribution in [0.5, 0.6) is 11.5 Å². The van der Waals surface area contributed by atoms with Gasteiger partial charge in [0.1, 0.15) is 24.2 Å². The Bertz CT molecular complexity index is 1150. The van der Waals surface area contributed by atoms with E-state index in [9.17, 15) is 9.59 Å². The predicted octanol–water partition coefficient (Wildman–Crippen LogP) is 4.75. The molecule has 0 fully saturated rings. The van der Waals surface area contributed by atoms with Crippen molar-refractivity contribution in [2.45, 2.75) is 11.5 Å². The van der Waals surface area contributed by atoms with Crippen molar-refractivity contribution in [2.75, 3.05) is 11.1 Å². The Morgan fingerprint density at radius 3 is 2.70 bits per heavy atom. The number of para-hydroxylation sites is 1. The fraction of sp³-hybridized carbons (Fsp3) is 0.0870. The Hall–Kier alpha value is -3.76. The lowest BCUT2D eigenvalue weighted by molar-refractivity contribution is -0.113. The second-order valence-corrected chi connectivity index (χ2v) is 7.50. The van der Waals surface area contributed by atoms with Crippen molar-refractivity contribution >= 4 is 29.3 Å². The van der Waals surface area contributed by atoms with E-state index in [-0.39, 0.29) is 12.5 Å². The molecule has 4 rings (SSSR count). The number of thioether (sulfide) groups is 1. The lowest BCUT2D eigenvalue weighted by Gasteiger charge is -2.16. The van der Waals surface area contributed by atoms with Gasteiger partial charge < -0.3 is 14.8 Å². The van der Waals surface area contributed by atoms with Crippen LogP contribution < -0.4 is 10.1 Å². The summed E-state index contributed by atoms with van der Waals surface area (Å²) in [5, 5.41) is 11.9. The second kappa shape index (κ2) is 8.72. The Balaban J connectivity index is 1.37. The number of nitriles is 1. The van der Waals surface area contributed by atoms with Crippen molar-refractivity contribution in [3.8, 4) is 17.6 Å². The van der Waals surface area contributed by atoms with Gasteiger partial charge in [-0.1, -0.05) is 24.3 Å². The summed E-state index contributed by atoms with van der Waals surface area (Å²) in [7, 11) is 0. The maximum atomic E-state index is 12.4. The number of nitrogens with one attached hydrogen (secondary N) is 1. The summed E-state index contributed by atoms with van der Waals surface area (Å²) in [6.45, 7) is 0.103. The van der Waals surface area contributed by atoms with Gasteiger partial charge in [-0.15, -0.1) is 11.8 Å². The first-order chi connectivity index (χ1) is 14.6. The molecule has 3 aromatic carbocycles. The zero-order valence-electron chi connectivity index (χ0n) is 15.8. The maximum Gasteiger partial charge on any atom is 0.338 e. The molecule has 0 unspecified atom stereocenters. The number of hydrogen-bond acceptors (Lipinski definition) is 6. The lowest BCUT2D eigenvalue weighted by Crippen LogP contribution is -2.19. The molecular weight excluding hydrogens is 400 g/mol. The minimum Gasteiger partial charge on any atom is -0.457 e. The molecule has 6 nitrogen and oxygen atoms in total. The van der Waals surface area contributed by atoms with E-state index in [1.165, 1.54) is 11.8 Å². The summed E-state index contributed by atoms with van der Waals surface area (Å²) in [5.41, 5.74) is 2.26. The third kappa shape index (κ3) is 4.45. The molecule has 1 heterocycles. The molecule has 148 valence electrons. The van der Waals surface area contributed by atoms with Gasteiger partial charge in [-0.2, -0.15) is 5.26 Å². The largest absolute Gasteiger partial charge is 0.457 e. The number of carbonyl (C=O) groups is 2. The summed E-state index contributed by atoms with van der Waals surface area (Å²) >= 11 is 1.44. The van der Waals surface area contributed by atoms with Gasteiger partial charge in [-0.05, 0) is 48.0 Å². The van der Waals surface area contributed by atoms with Crippen molar-refractivity contribution in [3.05, 3.63) is 83.4 Å². The zero-order valence-corrected chi connectivity index (χ0v) is 16.6. The summed E-state index contributed by atoms with van der Waals surface area (Å²) in [5.74, 6) is 0.884. The molecular formula is C23H16N2O4S. The van der Waals surface area contributed by atoms with Crippen molar-refractivity contribution in [2.24, 2.45) is 0 Å². The number of anilines is 1. The summed E-state index contributed by atoms with van der Waals surface area (Å²) in [6.07, 6.45) is 0. The molecule has 0 atom stereocenters. The smallest absolute Gasteiger partial charge is 0.338 e. The van der Waals surface area contributed by atoms with Crippen molar-refractivity contribution in [3.63, 3.8) is 0 Å². The predicted molar refractivity (Wildman–Crippen MR) is 113 cm³/mol. The van der Waals surface area contributed by atoms with Crippen LogP contribution in [0.2, 0.25) is 0 Å². The first-order valence-corrected chi connectivity index (χ1v) is 10.1. The monoisotopic (exact) mass is 416 g/mol. The molecule has 0 spiro atoms. The number of hydrogen-bond donors (Lipinski definition) is 1. The number of ether oxygens (including phenoxy) is 2. The molecule has 3 aromatic rings. The second-order valence-electron chi connectivity index (χ2n) is 6.48. The van der Waals surface area contributed by atoms with E-state index in [2.05, 4.69) is 11.4 Å². The highest BCUT2D eigenvalue weighted by Gasteiger charge is 2.18. The van der Waals surface area contributed by atoms with Crippen molar-refractivity contribution in [1.82, 2.24) is 0 Å². The highest BCUT2D eigenvalue weighted by molar-refractivity contribution is 8.00. The van der Waals surface area contributed by atoms with Crippen LogP contribution in [0.4, 0.5) is 5.69 Å². The van der Waals surface area contributed by atoms with Gasteiger partial charge in [0, 0.05) is 4.90 Å². The third-order valence-corrected chi connectivity index (χ3v) is 5.45. The fourth-order valence-corrected chi connectivity index (χ4v) is 3.66. The molecule has 0 bridgehead atoms. The minimum absolute atomic E-state index is 0.0854. The Kier molecular flexibility index (Phi) is 5.68. The molecule has 0 radical (unpaired) electrons. The molecule has 0 saturated heterocycles. The van der Waals surface area contributed by atoms with Gasteiger partial charge in [0.25, 0.3) is 0 Å². The topological polar surface area (TPSA) is 88.4 Å². The van der Waals surface area contributed by atoms with E-state index in [1.54, 1.807) is 66.7 Å². The summed E-state index contributed by atoms with van der Waals surface area (Å²) in [4.78, 5) is 24.8. The van der Waals surface area contributed by atoms with Crippen LogP contribution >= 0.6 is 11.8 Å². The third-order valence-electron chi connectivity index (χ3n) is 4.38.